The molecule has 150 valence electrons. The number of benzene rings is 1. The number of amides is 3. The number of fused-ring (bicyclic) bond motifs is 1. The highest BCUT2D eigenvalue weighted by atomic mass is 16.6. The summed E-state index contributed by atoms with van der Waals surface area (Å²) >= 11 is 0. The Bertz CT molecular complexity index is 855. The van der Waals surface area contributed by atoms with Gasteiger partial charge in [-0.15, -0.1) is 0 Å². The van der Waals surface area contributed by atoms with Gasteiger partial charge in [0.1, 0.15) is 0 Å². The molecule has 1 aromatic carbocycles. The molecule has 28 heavy (non-hydrogen) atoms. The highest BCUT2D eigenvalue weighted by molar-refractivity contribution is 6.07. The fourth-order valence-corrected chi connectivity index (χ4v) is 3.44. The molecule has 1 aromatic heterocycles. The lowest BCUT2D eigenvalue weighted by atomic mass is 10.1. The fraction of sp³-hybridized carbons (Fsp3) is 0.450. The van der Waals surface area contributed by atoms with Crippen molar-refractivity contribution in [3.05, 3.63) is 36.0 Å². The normalized spacial score (nSPS) is 14.7. The number of piperidine rings is 1. The van der Waals surface area contributed by atoms with Crippen molar-refractivity contribution < 1.29 is 19.1 Å². The molecule has 3 rings (SSSR count). The molecule has 0 aliphatic carbocycles. The number of aromatic nitrogens is 1. The van der Waals surface area contributed by atoms with E-state index in [2.05, 4.69) is 10.3 Å². The van der Waals surface area contributed by atoms with E-state index in [-0.39, 0.29) is 30.5 Å². The molecule has 0 unspecified atom stereocenters. The van der Waals surface area contributed by atoms with Crippen molar-refractivity contribution in [3.8, 4) is 0 Å². The van der Waals surface area contributed by atoms with E-state index in [1.165, 1.54) is 4.90 Å². The first kappa shape index (κ1) is 19.7. The number of hydrogen-bond donors (Lipinski definition) is 2. The molecule has 8 nitrogen and oxygen atoms in total. The van der Waals surface area contributed by atoms with Crippen LogP contribution in [-0.4, -0.2) is 72.0 Å². The summed E-state index contributed by atoms with van der Waals surface area (Å²) in [5.41, 5.74) is 1.44. The molecule has 1 fully saturated rings. The maximum Gasteiger partial charge on any atom is 0.409 e. The number of nitrogens with one attached hydrogen (secondary N) is 2. The molecule has 1 aliphatic rings. The lowest BCUT2D eigenvalue weighted by Gasteiger charge is -2.32. The van der Waals surface area contributed by atoms with Crippen LogP contribution in [0.4, 0.5) is 4.79 Å². The van der Waals surface area contributed by atoms with E-state index in [1.54, 1.807) is 25.1 Å². The second-order valence-electron chi connectivity index (χ2n) is 6.94. The quantitative estimate of drug-likeness (QED) is 0.821. The summed E-state index contributed by atoms with van der Waals surface area (Å²) in [5, 5.41) is 3.80. The first-order valence-electron chi connectivity index (χ1n) is 9.52. The molecule has 0 spiro atoms. The maximum absolute atomic E-state index is 12.7. The molecule has 3 amide bonds. The third-order valence-corrected chi connectivity index (χ3v) is 4.93. The smallest absolute Gasteiger partial charge is 0.409 e. The summed E-state index contributed by atoms with van der Waals surface area (Å²) in [6, 6.07) is 7.56. The molecule has 1 aliphatic heterocycles. The van der Waals surface area contributed by atoms with E-state index in [4.69, 9.17) is 4.74 Å². The molecule has 2 N–H and O–H groups in total. The fourth-order valence-electron chi connectivity index (χ4n) is 3.44. The van der Waals surface area contributed by atoms with Crippen LogP contribution < -0.4 is 5.32 Å². The SMILES string of the molecule is CCOC(=O)N1CCC(NC(=O)CN(C)C(=O)c2c[nH]c3ccccc23)CC1. The molecule has 2 heterocycles. The predicted octanol–water partition coefficient (Wildman–Crippen LogP) is 1.98. The van der Waals surface area contributed by atoms with E-state index >= 15 is 0 Å². The number of carbonyl (C=O) groups is 3. The van der Waals surface area contributed by atoms with Crippen molar-refractivity contribution in [1.82, 2.24) is 20.1 Å². The van der Waals surface area contributed by atoms with Crippen LogP contribution in [0.2, 0.25) is 0 Å². The number of likely N-dealkylation sites (N-methyl/N-ethyl adjacent to an activating group) is 1. The Kier molecular flexibility index (Phi) is 6.18. The van der Waals surface area contributed by atoms with E-state index in [0.29, 0.717) is 38.1 Å². The van der Waals surface area contributed by atoms with Gasteiger partial charge in [-0.25, -0.2) is 4.79 Å². The summed E-state index contributed by atoms with van der Waals surface area (Å²) in [4.78, 5) is 42.9. The number of ether oxygens (including phenoxy) is 1. The van der Waals surface area contributed by atoms with Crippen LogP contribution in [-0.2, 0) is 9.53 Å². The number of carbonyl (C=O) groups excluding carboxylic acids is 3. The van der Waals surface area contributed by atoms with E-state index in [9.17, 15) is 14.4 Å². The lowest BCUT2D eigenvalue weighted by molar-refractivity contribution is -0.122. The Labute approximate surface area is 163 Å². The average Bonchev–Trinajstić information content (AvgIpc) is 3.12. The zero-order chi connectivity index (χ0) is 20.1. The second kappa shape index (κ2) is 8.77. The minimum atomic E-state index is -0.309. The Morgan fingerprint density at radius 1 is 1.25 bits per heavy atom. The molecule has 1 saturated heterocycles. The molecule has 0 atom stereocenters. The van der Waals surface area contributed by atoms with Crippen LogP contribution in [0, 0.1) is 0 Å². The van der Waals surface area contributed by atoms with Crippen LogP contribution in [0.3, 0.4) is 0 Å². The van der Waals surface area contributed by atoms with Crippen molar-refractivity contribution in [2.75, 3.05) is 33.3 Å². The first-order chi connectivity index (χ1) is 13.5. The maximum atomic E-state index is 12.7. The third kappa shape index (κ3) is 4.44. The topological polar surface area (TPSA) is 94.7 Å². The lowest BCUT2D eigenvalue weighted by Crippen LogP contribution is -2.49. The van der Waals surface area contributed by atoms with Gasteiger partial charge in [-0.2, -0.15) is 0 Å². The zero-order valence-electron chi connectivity index (χ0n) is 16.2. The molecule has 0 saturated carbocycles. The summed E-state index contributed by atoms with van der Waals surface area (Å²) in [6.07, 6.45) is 2.71. The summed E-state index contributed by atoms with van der Waals surface area (Å²) in [6.45, 7) is 3.21. The van der Waals surface area contributed by atoms with Crippen LogP contribution in [0.5, 0.6) is 0 Å². The van der Waals surface area contributed by atoms with Crippen LogP contribution in [0.25, 0.3) is 10.9 Å². The Morgan fingerprint density at radius 2 is 1.96 bits per heavy atom. The second-order valence-corrected chi connectivity index (χ2v) is 6.94. The molecule has 0 bridgehead atoms. The summed E-state index contributed by atoms with van der Waals surface area (Å²) in [5.74, 6) is -0.407. The van der Waals surface area contributed by atoms with Crippen molar-refractivity contribution >= 4 is 28.8 Å². The highest BCUT2D eigenvalue weighted by Gasteiger charge is 2.25. The number of hydrogen-bond acceptors (Lipinski definition) is 4. The van der Waals surface area contributed by atoms with Crippen LogP contribution >= 0.6 is 0 Å². The van der Waals surface area contributed by atoms with Gasteiger partial charge < -0.3 is 24.8 Å². The van der Waals surface area contributed by atoms with Crippen molar-refractivity contribution in [3.63, 3.8) is 0 Å². The summed E-state index contributed by atoms with van der Waals surface area (Å²) < 4.78 is 5.00. The van der Waals surface area contributed by atoms with Gasteiger partial charge >= 0.3 is 6.09 Å². The molecule has 2 aromatic rings. The van der Waals surface area contributed by atoms with Crippen LogP contribution in [0.15, 0.2) is 30.5 Å². The standard InChI is InChI=1S/C20H26N4O4/c1-3-28-20(27)24-10-8-14(9-11-24)22-18(25)13-23(2)19(26)16-12-21-17-7-5-4-6-15(16)17/h4-7,12,14,21H,3,8-11,13H2,1-2H3,(H,22,25). The van der Waals surface area contributed by atoms with Gasteiger partial charge in [0.2, 0.25) is 5.91 Å². The van der Waals surface area contributed by atoms with Crippen molar-refractivity contribution in [2.24, 2.45) is 0 Å². The Hall–Kier alpha value is -3.03. The minimum Gasteiger partial charge on any atom is -0.450 e. The molecular formula is C20H26N4O4. The van der Waals surface area contributed by atoms with Crippen molar-refractivity contribution in [2.45, 2.75) is 25.8 Å². The Balaban J connectivity index is 1.50. The number of rotatable bonds is 5. The van der Waals surface area contributed by atoms with Gasteiger partial charge in [0.05, 0.1) is 18.7 Å². The first-order valence-corrected chi connectivity index (χ1v) is 9.52. The largest absolute Gasteiger partial charge is 0.450 e. The van der Waals surface area contributed by atoms with E-state index in [0.717, 1.165) is 10.9 Å². The van der Waals surface area contributed by atoms with Gasteiger partial charge in [-0.05, 0) is 25.8 Å². The highest BCUT2D eigenvalue weighted by Crippen LogP contribution is 2.19. The molecule has 0 radical (unpaired) electrons. The van der Waals surface area contributed by atoms with E-state index < -0.39 is 0 Å². The number of aromatic amines is 1. The Morgan fingerprint density at radius 3 is 2.68 bits per heavy atom. The average molecular weight is 386 g/mol. The monoisotopic (exact) mass is 386 g/mol. The predicted molar refractivity (Wildman–Crippen MR) is 105 cm³/mol. The minimum absolute atomic E-state index is 0.00485. The van der Waals surface area contributed by atoms with Crippen LogP contribution in [0.1, 0.15) is 30.1 Å². The van der Waals surface area contributed by atoms with Gasteiger partial charge in [0.15, 0.2) is 0 Å². The van der Waals surface area contributed by atoms with Gasteiger partial charge in [0.25, 0.3) is 5.91 Å². The van der Waals surface area contributed by atoms with Gasteiger partial charge in [0, 0.05) is 43.3 Å². The number of nitrogens with zero attached hydrogens (tertiary/aromatic N) is 2. The molecular weight excluding hydrogens is 360 g/mol. The summed E-state index contributed by atoms with van der Waals surface area (Å²) in [7, 11) is 1.62. The number of likely N-dealkylation sites (tertiary alicyclic amines) is 1. The van der Waals surface area contributed by atoms with Crippen molar-refractivity contribution in [1.29, 1.82) is 0 Å². The van der Waals surface area contributed by atoms with Gasteiger partial charge in [-0.3, -0.25) is 9.59 Å². The number of para-hydroxylation sites is 1. The third-order valence-electron chi connectivity index (χ3n) is 4.93. The van der Waals surface area contributed by atoms with E-state index in [1.807, 2.05) is 24.3 Å². The number of H-pyrrole nitrogens is 1. The zero-order valence-corrected chi connectivity index (χ0v) is 16.2. The van der Waals surface area contributed by atoms with Gasteiger partial charge in [-0.1, -0.05) is 18.2 Å². The molecule has 8 heteroatoms.